The first kappa shape index (κ1) is 13.6. The van der Waals surface area contributed by atoms with Crippen molar-refractivity contribution in [1.82, 2.24) is 9.97 Å². The maximum Gasteiger partial charge on any atom is 0.135 e. The fourth-order valence-corrected chi connectivity index (χ4v) is 2.23. The lowest BCUT2D eigenvalue weighted by molar-refractivity contribution is 0.122. The Labute approximate surface area is 123 Å². The minimum Gasteiger partial charge on any atom is -0.497 e. The highest BCUT2D eigenvalue weighted by Gasteiger charge is 2.13. The predicted molar refractivity (Wildman–Crippen MR) is 81.3 cm³/mol. The van der Waals surface area contributed by atoms with Gasteiger partial charge in [0.1, 0.15) is 23.7 Å². The van der Waals surface area contributed by atoms with Gasteiger partial charge in [-0.2, -0.15) is 0 Å². The lowest BCUT2D eigenvalue weighted by Gasteiger charge is -2.27. The molecule has 1 aromatic heterocycles. The second kappa shape index (κ2) is 6.41. The molecule has 6 nitrogen and oxygen atoms in total. The number of benzene rings is 1. The number of nitrogens with zero attached hydrogens (tertiary/aromatic N) is 3. The molecule has 0 spiro atoms. The van der Waals surface area contributed by atoms with E-state index in [4.69, 9.17) is 9.47 Å². The van der Waals surface area contributed by atoms with Gasteiger partial charge in [-0.1, -0.05) is 6.07 Å². The van der Waals surface area contributed by atoms with Gasteiger partial charge in [-0.15, -0.1) is 0 Å². The molecule has 2 heterocycles. The molecule has 0 aliphatic carbocycles. The van der Waals surface area contributed by atoms with Gasteiger partial charge in [0, 0.05) is 30.9 Å². The van der Waals surface area contributed by atoms with E-state index in [1.165, 1.54) is 0 Å². The molecule has 0 saturated carbocycles. The Balaban J connectivity index is 1.76. The average molecular weight is 286 g/mol. The highest BCUT2D eigenvalue weighted by molar-refractivity contribution is 5.60. The van der Waals surface area contributed by atoms with E-state index in [1.54, 1.807) is 13.4 Å². The zero-order chi connectivity index (χ0) is 14.5. The molecular weight excluding hydrogens is 268 g/mol. The number of rotatable bonds is 4. The monoisotopic (exact) mass is 286 g/mol. The first-order valence-corrected chi connectivity index (χ1v) is 6.91. The number of aromatic nitrogens is 2. The Morgan fingerprint density at radius 3 is 2.86 bits per heavy atom. The molecule has 1 aliphatic heterocycles. The van der Waals surface area contributed by atoms with Crippen molar-refractivity contribution in [3.05, 3.63) is 36.7 Å². The van der Waals surface area contributed by atoms with E-state index in [2.05, 4.69) is 20.2 Å². The summed E-state index contributed by atoms with van der Waals surface area (Å²) >= 11 is 0. The molecule has 1 aliphatic rings. The molecule has 0 unspecified atom stereocenters. The topological polar surface area (TPSA) is 59.5 Å². The third-order valence-electron chi connectivity index (χ3n) is 3.33. The lowest BCUT2D eigenvalue weighted by atomic mass is 10.3. The molecule has 3 rings (SSSR count). The summed E-state index contributed by atoms with van der Waals surface area (Å²) in [4.78, 5) is 10.8. The molecule has 0 radical (unpaired) electrons. The second-order valence-electron chi connectivity index (χ2n) is 4.72. The van der Waals surface area contributed by atoms with Crippen molar-refractivity contribution in [2.75, 3.05) is 43.6 Å². The molecule has 21 heavy (non-hydrogen) atoms. The van der Waals surface area contributed by atoms with Crippen molar-refractivity contribution >= 4 is 17.3 Å². The Morgan fingerprint density at radius 2 is 2.05 bits per heavy atom. The second-order valence-corrected chi connectivity index (χ2v) is 4.72. The van der Waals surface area contributed by atoms with E-state index in [0.29, 0.717) is 0 Å². The van der Waals surface area contributed by atoms with Crippen molar-refractivity contribution < 1.29 is 9.47 Å². The Bertz CT molecular complexity index is 600. The summed E-state index contributed by atoms with van der Waals surface area (Å²) < 4.78 is 10.6. The van der Waals surface area contributed by atoms with Crippen molar-refractivity contribution in [2.24, 2.45) is 0 Å². The molecule has 0 atom stereocenters. The normalized spacial score (nSPS) is 14.8. The van der Waals surface area contributed by atoms with E-state index in [-0.39, 0.29) is 0 Å². The molecule has 1 saturated heterocycles. The van der Waals surface area contributed by atoms with Crippen LogP contribution in [0.15, 0.2) is 36.7 Å². The Morgan fingerprint density at radius 1 is 1.19 bits per heavy atom. The zero-order valence-electron chi connectivity index (χ0n) is 12.0. The first-order valence-electron chi connectivity index (χ1n) is 6.91. The van der Waals surface area contributed by atoms with Gasteiger partial charge in [0.25, 0.3) is 0 Å². The maximum atomic E-state index is 5.36. The summed E-state index contributed by atoms with van der Waals surface area (Å²) in [5.74, 6) is 2.49. The zero-order valence-corrected chi connectivity index (χ0v) is 12.0. The van der Waals surface area contributed by atoms with Crippen LogP contribution in [0.25, 0.3) is 0 Å². The molecule has 0 amide bonds. The largest absolute Gasteiger partial charge is 0.497 e. The number of hydrogen-bond acceptors (Lipinski definition) is 6. The number of methoxy groups -OCH3 is 1. The van der Waals surface area contributed by atoms with Crippen LogP contribution in [0.5, 0.6) is 5.75 Å². The van der Waals surface area contributed by atoms with Crippen LogP contribution in [0.2, 0.25) is 0 Å². The first-order chi connectivity index (χ1) is 10.3. The molecule has 0 bridgehead atoms. The molecule has 110 valence electrons. The smallest absolute Gasteiger partial charge is 0.135 e. The number of ether oxygens (including phenoxy) is 2. The minimum atomic E-state index is 0.739. The lowest BCUT2D eigenvalue weighted by Crippen LogP contribution is -2.36. The summed E-state index contributed by atoms with van der Waals surface area (Å²) in [6.45, 7) is 3.19. The van der Waals surface area contributed by atoms with Crippen molar-refractivity contribution in [2.45, 2.75) is 0 Å². The molecule has 1 aromatic carbocycles. The molecule has 1 fully saturated rings. The van der Waals surface area contributed by atoms with Gasteiger partial charge in [-0.05, 0) is 12.1 Å². The fourth-order valence-electron chi connectivity index (χ4n) is 2.23. The minimum absolute atomic E-state index is 0.739. The number of hydrogen-bond donors (Lipinski definition) is 1. The standard InChI is InChI=1S/C15H18N4O2/c1-20-13-4-2-3-12(9-13)18-14-10-15(17-11-16-14)19-5-7-21-8-6-19/h2-4,9-11H,5-8H2,1H3,(H,16,17,18). The van der Waals surface area contributed by atoms with Gasteiger partial charge in [0.2, 0.25) is 0 Å². The van der Waals surface area contributed by atoms with Crippen LogP contribution in [0.1, 0.15) is 0 Å². The van der Waals surface area contributed by atoms with Gasteiger partial charge in [-0.25, -0.2) is 9.97 Å². The van der Waals surface area contributed by atoms with Crippen molar-refractivity contribution in [1.29, 1.82) is 0 Å². The van der Waals surface area contributed by atoms with Gasteiger partial charge in [0.05, 0.1) is 20.3 Å². The third kappa shape index (κ3) is 3.41. The van der Waals surface area contributed by atoms with Gasteiger partial charge >= 0.3 is 0 Å². The fraction of sp³-hybridized carbons (Fsp3) is 0.333. The maximum absolute atomic E-state index is 5.36. The summed E-state index contributed by atoms with van der Waals surface area (Å²) in [6, 6.07) is 9.69. The molecule has 6 heteroatoms. The predicted octanol–water partition coefficient (Wildman–Crippen LogP) is 2.07. The highest BCUT2D eigenvalue weighted by Crippen LogP contribution is 2.22. The van der Waals surface area contributed by atoms with E-state index in [0.717, 1.165) is 49.4 Å². The van der Waals surface area contributed by atoms with Crippen LogP contribution < -0.4 is 15.0 Å². The van der Waals surface area contributed by atoms with Crippen LogP contribution in [-0.4, -0.2) is 43.4 Å². The van der Waals surface area contributed by atoms with Gasteiger partial charge in [0.15, 0.2) is 0 Å². The number of morpholine rings is 1. The van der Waals surface area contributed by atoms with E-state index < -0.39 is 0 Å². The van der Waals surface area contributed by atoms with E-state index in [9.17, 15) is 0 Å². The van der Waals surface area contributed by atoms with Crippen LogP contribution >= 0.6 is 0 Å². The van der Waals surface area contributed by atoms with Gasteiger partial charge in [-0.3, -0.25) is 0 Å². The van der Waals surface area contributed by atoms with Crippen molar-refractivity contribution in [3.63, 3.8) is 0 Å². The van der Waals surface area contributed by atoms with Crippen molar-refractivity contribution in [3.8, 4) is 5.75 Å². The number of nitrogens with one attached hydrogen (secondary N) is 1. The summed E-state index contributed by atoms with van der Waals surface area (Å²) in [7, 11) is 1.65. The van der Waals surface area contributed by atoms with Crippen LogP contribution in [0.4, 0.5) is 17.3 Å². The van der Waals surface area contributed by atoms with Crippen LogP contribution in [0, 0.1) is 0 Å². The summed E-state index contributed by atoms with van der Waals surface area (Å²) in [5, 5.41) is 3.27. The molecule has 1 N–H and O–H groups in total. The van der Waals surface area contributed by atoms with Crippen LogP contribution in [0.3, 0.4) is 0 Å². The quantitative estimate of drug-likeness (QED) is 0.928. The highest BCUT2D eigenvalue weighted by atomic mass is 16.5. The van der Waals surface area contributed by atoms with Crippen LogP contribution in [-0.2, 0) is 4.74 Å². The molecule has 2 aromatic rings. The Kier molecular flexibility index (Phi) is 4.16. The van der Waals surface area contributed by atoms with E-state index >= 15 is 0 Å². The summed E-state index contributed by atoms with van der Waals surface area (Å²) in [5.41, 5.74) is 0.931. The van der Waals surface area contributed by atoms with Gasteiger partial charge < -0.3 is 19.7 Å². The van der Waals surface area contributed by atoms with E-state index in [1.807, 2.05) is 30.3 Å². The average Bonchev–Trinajstić information content (AvgIpc) is 2.56. The number of anilines is 3. The summed E-state index contributed by atoms with van der Waals surface area (Å²) in [6.07, 6.45) is 1.58. The SMILES string of the molecule is COc1cccc(Nc2cc(N3CCOCC3)ncn2)c1. The third-order valence-corrected chi connectivity index (χ3v) is 3.33. The Hall–Kier alpha value is -2.34. The molecular formula is C15H18N4O2.